The Bertz CT molecular complexity index is 390. The Kier molecular flexibility index (Phi) is 5.38. The molecule has 2 aliphatic rings. The topological polar surface area (TPSA) is 50.8 Å². The first kappa shape index (κ1) is 17.5. The highest BCUT2D eigenvalue weighted by atomic mass is 16.6. The van der Waals surface area contributed by atoms with Crippen molar-refractivity contribution in [3.05, 3.63) is 0 Å². The van der Waals surface area contributed by atoms with Gasteiger partial charge in [-0.3, -0.25) is 4.90 Å². The summed E-state index contributed by atoms with van der Waals surface area (Å²) in [5.41, 5.74) is -0.118. The molecule has 2 rings (SSSR count). The number of morpholine rings is 1. The summed E-state index contributed by atoms with van der Waals surface area (Å²) in [6, 6.07) is 0.579. The molecule has 5 nitrogen and oxygen atoms in total. The van der Waals surface area contributed by atoms with E-state index in [1.165, 1.54) is 19.3 Å². The van der Waals surface area contributed by atoms with Crippen LogP contribution in [0.2, 0.25) is 0 Å². The predicted octanol–water partition coefficient (Wildman–Crippen LogP) is 2.79. The van der Waals surface area contributed by atoms with Crippen molar-refractivity contribution in [2.75, 3.05) is 26.3 Å². The number of hydrogen-bond donors (Lipinski definition) is 1. The van der Waals surface area contributed by atoms with E-state index in [1.54, 1.807) is 0 Å². The van der Waals surface area contributed by atoms with Gasteiger partial charge in [-0.2, -0.15) is 0 Å². The number of amides is 1. The lowest BCUT2D eigenvalue weighted by atomic mass is 9.87. The lowest BCUT2D eigenvalue weighted by Crippen LogP contribution is -2.55. The Morgan fingerprint density at radius 1 is 1.41 bits per heavy atom. The van der Waals surface area contributed by atoms with Gasteiger partial charge in [-0.1, -0.05) is 20.3 Å². The van der Waals surface area contributed by atoms with Crippen LogP contribution in [0.4, 0.5) is 4.79 Å². The fourth-order valence-electron chi connectivity index (χ4n) is 3.37. The van der Waals surface area contributed by atoms with E-state index in [9.17, 15) is 4.79 Å². The molecule has 0 radical (unpaired) electrons. The molecular formula is C17H32N2O3. The van der Waals surface area contributed by atoms with Crippen molar-refractivity contribution < 1.29 is 14.3 Å². The van der Waals surface area contributed by atoms with Crippen LogP contribution in [0.3, 0.4) is 0 Å². The van der Waals surface area contributed by atoms with Gasteiger partial charge in [0, 0.05) is 19.1 Å². The minimum atomic E-state index is -0.458. The maximum absolute atomic E-state index is 12.4. The van der Waals surface area contributed by atoms with Crippen LogP contribution in [-0.2, 0) is 9.47 Å². The maximum Gasteiger partial charge on any atom is 0.410 e. The molecule has 1 aliphatic carbocycles. The van der Waals surface area contributed by atoms with Gasteiger partial charge < -0.3 is 14.8 Å². The zero-order valence-electron chi connectivity index (χ0n) is 14.8. The summed E-state index contributed by atoms with van der Waals surface area (Å²) in [7, 11) is 0. The van der Waals surface area contributed by atoms with E-state index >= 15 is 0 Å². The number of rotatable bonds is 3. The van der Waals surface area contributed by atoms with E-state index in [-0.39, 0.29) is 12.1 Å². The molecule has 1 heterocycles. The summed E-state index contributed by atoms with van der Waals surface area (Å²) in [6.07, 6.45) is 3.53. The van der Waals surface area contributed by atoms with E-state index in [0.717, 1.165) is 6.54 Å². The number of nitrogens with one attached hydrogen (secondary N) is 1. The van der Waals surface area contributed by atoms with Crippen LogP contribution in [-0.4, -0.2) is 55.0 Å². The van der Waals surface area contributed by atoms with E-state index in [4.69, 9.17) is 9.47 Å². The van der Waals surface area contributed by atoms with Crippen LogP contribution in [0.1, 0.15) is 53.9 Å². The first-order valence-corrected chi connectivity index (χ1v) is 8.50. The highest BCUT2D eigenvalue weighted by molar-refractivity contribution is 5.68. The van der Waals surface area contributed by atoms with Gasteiger partial charge in [0.15, 0.2) is 0 Å². The van der Waals surface area contributed by atoms with Crippen molar-refractivity contribution in [3.8, 4) is 0 Å². The molecule has 0 bridgehead atoms. The number of hydrogen-bond acceptors (Lipinski definition) is 4. The zero-order valence-corrected chi connectivity index (χ0v) is 14.8. The molecule has 0 aromatic carbocycles. The Hall–Kier alpha value is -0.810. The normalized spacial score (nSPS) is 28.7. The molecule has 5 heteroatoms. The standard InChI is InChI=1S/C17H32N2O3/c1-16(2,3)22-15(20)19-9-10-21-12-13(19)11-18-14-7-6-8-17(14,4)5/h13-14,18H,6-12H2,1-5H3. The predicted molar refractivity (Wildman–Crippen MR) is 87.0 cm³/mol. The average Bonchev–Trinajstić information content (AvgIpc) is 2.73. The highest BCUT2D eigenvalue weighted by Crippen LogP contribution is 2.37. The number of carbonyl (C=O) groups excluding carboxylic acids is 1. The molecule has 0 aromatic heterocycles. The Morgan fingerprint density at radius 2 is 2.14 bits per heavy atom. The second-order valence-corrected chi connectivity index (χ2v) is 8.24. The van der Waals surface area contributed by atoms with Gasteiger partial charge in [-0.15, -0.1) is 0 Å². The van der Waals surface area contributed by atoms with Crippen LogP contribution in [0, 0.1) is 5.41 Å². The molecular weight excluding hydrogens is 280 g/mol. The third-order valence-corrected chi connectivity index (χ3v) is 4.71. The van der Waals surface area contributed by atoms with Crippen molar-refractivity contribution in [2.24, 2.45) is 5.41 Å². The summed E-state index contributed by atoms with van der Waals surface area (Å²) in [5.74, 6) is 0. The molecule has 1 N–H and O–H groups in total. The third-order valence-electron chi connectivity index (χ3n) is 4.71. The third kappa shape index (κ3) is 4.59. The molecule has 2 unspecified atom stereocenters. The van der Waals surface area contributed by atoms with Crippen molar-refractivity contribution in [3.63, 3.8) is 0 Å². The number of nitrogens with zero attached hydrogens (tertiary/aromatic N) is 1. The highest BCUT2D eigenvalue weighted by Gasteiger charge is 2.36. The van der Waals surface area contributed by atoms with E-state index < -0.39 is 5.60 Å². The average molecular weight is 312 g/mol. The van der Waals surface area contributed by atoms with Crippen LogP contribution in [0.15, 0.2) is 0 Å². The van der Waals surface area contributed by atoms with E-state index in [0.29, 0.717) is 31.2 Å². The first-order chi connectivity index (χ1) is 10.2. The molecule has 1 aliphatic heterocycles. The number of ether oxygens (including phenoxy) is 2. The molecule has 22 heavy (non-hydrogen) atoms. The smallest absolute Gasteiger partial charge is 0.410 e. The lowest BCUT2D eigenvalue weighted by Gasteiger charge is -2.38. The fourth-order valence-corrected chi connectivity index (χ4v) is 3.37. The van der Waals surface area contributed by atoms with Gasteiger partial charge in [0.05, 0.1) is 19.3 Å². The summed E-state index contributed by atoms with van der Waals surface area (Å²) < 4.78 is 11.1. The van der Waals surface area contributed by atoms with E-state index in [1.807, 2.05) is 25.7 Å². The van der Waals surface area contributed by atoms with Gasteiger partial charge in [-0.25, -0.2) is 4.79 Å². The van der Waals surface area contributed by atoms with Gasteiger partial charge in [-0.05, 0) is 39.0 Å². The monoisotopic (exact) mass is 312 g/mol. The summed E-state index contributed by atoms with van der Waals surface area (Å²) in [4.78, 5) is 14.2. The van der Waals surface area contributed by atoms with Gasteiger partial charge in [0.2, 0.25) is 0 Å². The van der Waals surface area contributed by atoms with Crippen LogP contribution >= 0.6 is 0 Å². The quantitative estimate of drug-likeness (QED) is 0.870. The summed E-state index contributed by atoms with van der Waals surface area (Å²) >= 11 is 0. The molecule has 2 fully saturated rings. The fraction of sp³-hybridized carbons (Fsp3) is 0.941. The molecule has 128 valence electrons. The van der Waals surface area contributed by atoms with E-state index in [2.05, 4.69) is 19.2 Å². The largest absolute Gasteiger partial charge is 0.444 e. The first-order valence-electron chi connectivity index (χ1n) is 8.50. The summed E-state index contributed by atoms with van der Waals surface area (Å²) in [5, 5.41) is 3.66. The SMILES string of the molecule is CC(C)(C)OC(=O)N1CCOCC1CNC1CCCC1(C)C. The van der Waals surface area contributed by atoms with Crippen molar-refractivity contribution in [1.82, 2.24) is 10.2 Å². The molecule has 0 aromatic rings. The second kappa shape index (κ2) is 6.75. The Morgan fingerprint density at radius 3 is 2.73 bits per heavy atom. The Labute approximate surface area is 134 Å². The molecule has 1 saturated carbocycles. The minimum absolute atomic E-state index is 0.0556. The lowest BCUT2D eigenvalue weighted by molar-refractivity contribution is -0.0327. The van der Waals surface area contributed by atoms with Crippen LogP contribution in [0.5, 0.6) is 0 Å². The van der Waals surface area contributed by atoms with Crippen molar-refractivity contribution >= 4 is 6.09 Å². The van der Waals surface area contributed by atoms with Crippen LogP contribution in [0.25, 0.3) is 0 Å². The second-order valence-electron chi connectivity index (χ2n) is 8.24. The zero-order chi connectivity index (χ0) is 16.4. The Balaban J connectivity index is 1.91. The van der Waals surface area contributed by atoms with Gasteiger partial charge in [0.25, 0.3) is 0 Å². The maximum atomic E-state index is 12.4. The molecule has 2 atom stereocenters. The van der Waals surface area contributed by atoms with Gasteiger partial charge >= 0.3 is 6.09 Å². The minimum Gasteiger partial charge on any atom is -0.444 e. The van der Waals surface area contributed by atoms with Crippen molar-refractivity contribution in [1.29, 1.82) is 0 Å². The molecule has 1 amide bonds. The van der Waals surface area contributed by atoms with Gasteiger partial charge in [0.1, 0.15) is 5.60 Å². The number of carbonyl (C=O) groups is 1. The molecule has 1 saturated heterocycles. The van der Waals surface area contributed by atoms with Crippen LogP contribution < -0.4 is 5.32 Å². The van der Waals surface area contributed by atoms with Crippen molar-refractivity contribution in [2.45, 2.75) is 71.6 Å². The summed E-state index contributed by atoms with van der Waals surface area (Å²) in [6.45, 7) is 12.9. The molecule has 0 spiro atoms.